The summed E-state index contributed by atoms with van der Waals surface area (Å²) in [6.45, 7) is 1.87. The maximum absolute atomic E-state index is 8.91. The fourth-order valence-electron chi connectivity index (χ4n) is 1.10. The smallest absolute Gasteiger partial charge is 0.225 e. The van der Waals surface area contributed by atoms with Gasteiger partial charge in [0.2, 0.25) is 5.95 Å². The van der Waals surface area contributed by atoms with E-state index in [-0.39, 0.29) is 6.61 Å². The van der Waals surface area contributed by atoms with Crippen LogP contribution in [-0.4, -0.2) is 48.5 Å². The molecule has 0 bridgehead atoms. The Kier molecular flexibility index (Phi) is 5.81. The molecule has 0 aliphatic rings. The molecule has 0 saturated carbocycles. The summed E-state index contributed by atoms with van der Waals surface area (Å²) in [4.78, 5) is 10.3. The molecular formula is C9H14IN3O2. The lowest BCUT2D eigenvalue weighted by Crippen LogP contribution is -2.31. The van der Waals surface area contributed by atoms with Crippen molar-refractivity contribution in [2.75, 3.05) is 38.3 Å². The normalized spacial score (nSPS) is 10.3. The van der Waals surface area contributed by atoms with Crippen molar-refractivity contribution in [2.24, 2.45) is 0 Å². The molecule has 1 heterocycles. The van der Waals surface area contributed by atoms with Gasteiger partial charge in [-0.2, -0.15) is 0 Å². The van der Waals surface area contributed by atoms with Gasteiger partial charge in [-0.25, -0.2) is 9.97 Å². The Hall–Kier alpha value is -0.470. The van der Waals surface area contributed by atoms with Crippen LogP contribution in [0, 0.1) is 3.57 Å². The number of halogens is 1. The second-order valence-electron chi connectivity index (χ2n) is 2.90. The number of aromatic nitrogens is 2. The van der Waals surface area contributed by atoms with E-state index in [1.807, 2.05) is 4.90 Å². The Balaban J connectivity index is 2.65. The minimum absolute atomic E-state index is 0.0824. The zero-order valence-corrected chi connectivity index (χ0v) is 10.7. The molecule has 0 fully saturated rings. The molecule has 1 rings (SSSR count). The van der Waals surface area contributed by atoms with E-state index in [1.165, 1.54) is 0 Å². The first kappa shape index (κ1) is 12.6. The van der Waals surface area contributed by atoms with Crippen molar-refractivity contribution >= 4 is 28.5 Å². The van der Waals surface area contributed by atoms with E-state index in [1.54, 1.807) is 19.5 Å². The van der Waals surface area contributed by atoms with Gasteiger partial charge in [-0.05, 0) is 22.6 Å². The van der Waals surface area contributed by atoms with E-state index in [0.29, 0.717) is 25.6 Å². The molecule has 6 heteroatoms. The van der Waals surface area contributed by atoms with Gasteiger partial charge < -0.3 is 14.7 Å². The Labute approximate surface area is 103 Å². The van der Waals surface area contributed by atoms with Gasteiger partial charge in [-0.15, -0.1) is 0 Å². The summed E-state index contributed by atoms with van der Waals surface area (Å²) >= 11 is 2.15. The Bertz CT molecular complexity index is 281. The molecule has 0 radical (unpaired) electrons. The summed E-state index contributed by atoms with van der Waals surface area (Å²) in [5, 5.41) is 8.91. The van der Waals surface area contributed by atoms with Gasteiger partial charge in [-0.1, -0.05) is 0 Å². The summed E-state index contributed by atoms with van der Waals surface area (Å²) in [6, 6.07) is 0. The Morgan fingerprint density at radius 2 is 2.07 bits per heavy atom. The van der Waals surface area contributed by atoms with Crippen LogP contribution in [0.15, 0.2) is 12.4 Å². The molecule has 0 aliphatic heterocycles. The lowest BCUT2D eigenvalue weighted by atomic mass is 10.5. The number of aliphatic hydroxyl groups is 1. The number of nitrogens with zero attached hydrogens (tertiary/aromatic N) is 3. The Morgan fingerprint density at radius 3 is 2.60 bits per heavy atom. The van der Waals surface area contributed by atoms with Crippen LogP contribution in [0.5, 0.6) is 0 Å². The molecular weight excluding hydrogens is 309 g/mol. The van der Waals surface area contributed by atoms with E-state index in [9.17, 15) is 0 Å². The summed E-state index contributed by atoms with van der Waals surface area (Å²) in [6.07, 6.45) is 3.50. The lowest BCUT2D eigenvalue weighted by Gasteiger charge is -2.20. The molecule has 0 aliphatic carbocycles. The zero-order valence-electron chi connectivity index (χ0n) is 8.56. The van der Waals surface area contributed by atoms with Crippen LogP contribution in [0.1, 0.15) is 0 Å². The number of anilines is 1. The Morgan fingerprint density at radius 1 is 1.40 bits per heavy atom. The molecule has 1 N–H and O–H groups in total. The molecule has 0 unspecified atom stereocenters. The molecule has 0 saturated heterocycles. The summed E-state index contributed by atoms with van der Waals surface area (Å²) in [5.41, 5.74) is 0. The number of aliphatic hydroxyl groups excluding tert-OH is 1. The number of hydrogen-bond acceptors (Lipinski definition) is 5. The van der Waals surface area contributed by atoms with Crippen molar-refractivity contribution in [3.8, 4) is 0 Å². The highest BCUT2D eigenvalue weighted by molar-refractivity contribution is 14.1. The number of methoxy groups -OCH3 is 1. The van der Waals surface area contributed by atoms with Gasteiger partial charge in [-0.3, -0.25) is 0 Å². The summed E-state index contributed by atoms with van der Waals surface area (Å²) in [7, 11) is 1.64. The van der Waals surface area contributed by atoms with Gasteiger partial charge >= 0.3 is 0 Å². The monoisotopic (exact) mass is 323 g/mol. The SMILES string of the molecule is COCCN(CCO)c1ncc(I)cn1. The van der Waals surface area contributed by atoms with Crippen molar-refractivity contribution in [3.63, 3.8) is 0 Å². The van der Waals surface area contributed by atoms with Crippen LogP contribution >= 0.6 is 22.6 Å². The van der Waals surface area contributed by atoms with E-state index >= 15 is 0 Å². The van der Waals surface area contributed by atoms with E-state index in [4.69, 9.17) is 9.84 Å². The van der Waals surface area contributed by atoms with Crippen LogP contribution in [0.25, 0.3) is 0 Å². The van der Waals surface area contributed by atoms with E-state index < -0.39 is 0 Å². The number of rotatable bonds is 6. The molecule has 0 aromatic carbocycles. The zero-order chi connectivity index (χ0) is 11.1. The molecule has 0 amide bonds. The maximum Gasteiger partial charge on any atom is 0.225 e. The van der Waals surface area contributed by atoms with Crippen molar-refractivity contribution < 1.29 is 9.84 Å². The maximum atomic E-state index is 8.91. The minimum atomic E-state index is 0.0824. The third-order valence-corrected chi connectivity index (χ3v) is 2.38. The van der Waals surface area contributed by atoms with Gasteiger partial charge in [0, 0.05) is 36.2 Å². The highest BCUT2D eigenvalue weighted by Gasteiger charge is 2.07. The summed E-state index contributed by atoms with van der Waals surface area (Å²) in [5.74, 6) is 0.626. The van der Waals surface area contributed by atoms with Crippen LogP contribution in [0.3, 0.4) is 0 Å². The lowest BCUT2D eigenvalue weighted by molar-refractivity contribution is 0.202. The molecule has 15 heavy (non-hydrogen) atoms. The van der Waals surface area contributed by atoms with Gasteiger partial charge in [0.15, 0.2) is 0 Å². The van der Waals surface area contributed by atoms with Gasteiger partial charge in [0.05, 0.1) is 13.2 Å². The standard InChI is InChI=1S/C9H14IN3O2/c1-15-5-3-13(2-4-14)9-11-6-8(10)7-12-9/h6-7,14H,2-5H2,1H3. The van der Waals surface area contributed by atoms with Crippen LogP contribution in [0.4, 0.5) is 5.95 Å². The fraction of sp³-hybridized carbons (Fsp3) is 0.556. The third-order valence-electron chi connectivity index (χ3n) is 1.82. The predicted molar refractivity (Wildman–Crippen MR) is 65.9 cm³/mol. The van der Waals surface area contributed by atoms with Crippen molar-refractivity contribution in [1.82, 2.24) is 9.97 Å². The third kappa shape index (κ3) is 4.27. The number of hydrogen-bond donors (Lipinski definition) is 1. The molecule has 0 atom stereocenters. The first-order chi connectivity index (χ1) is 7.27. The first-order valence-corrected chi connectivity index (χ1v) is 5.68. The highest BCUT2D eigenvalue weighted by Crippen LogP contribution is 2.07. The van der Waals surface area contributed by atoms with Crippen molar-refractivity contribution in [3.05, 3.63) is 16.0 Å². The quantitative estimate of drug-likeness (QED) is 0.774. The topological polar surface area (TPSA) is 58.5 Å². The molecule has 84 valence electrons. The predicted octanol–water partition coefficient (Wildman–Crippen LogP) is 0.526. The van der Waals surface area contributed by atoms with Crippen LogP contribution < -0.4 is 4.90 Å². The molecule has 1 aromatic rings. The molecule has 1 aromatic heterocycles. The van der Waals surface area contributed by atoms with Gasteiger partial charge in [0.1, 0.15) is 0 Å². The first-order valence-electron chi connectivity index (χ1n) is 4.60. The molecule has 0 spiro atoms. The largest absolute Gasteiger partial charge is 0.395 e. The second kappa shape index (κ2) is 6.91. The fourth-order valence-corrected chi connectivity index (χ4v) is 1.38. The van der Waals surface area contributed by atoms with Crippen LogP contribution in [0.2, 0.25) is 0 Å². The molecule has 5 nitrogen and oxygen atoms in total. The minimum Gasteiger partial charge on any atom is -0.395 e. The van der Waals surface area contributed by atoms with Crippen LogP contribution in [-0.2, 0) is 4.74 Å². The average molecular weight is 323 g/mol. The average Bonchev–Trinajstić information content (AvgIpc) is 2.25. The van der Waals surface area contributed by atoms with E-state index in [0.717, 1.165) is 3.57 Å². The highest BCUT2D eigenvalue weighted by atomic mass is 127. The second-order valence-corrected chi connectivity index (χ2v) is 4.15. The van der Waals surface area contributed by atoms with Crippen molar-refractivity contribution in [1.29, 1.82) is 0 Å². The van der Waals surface area contributed by atoms with Gasteiger partial charge in [0.25, 0.3) is 0 Å². The van der Waals surface area contributed by atoms with E-state index in [2.05, 4.69) is 32.6 Å². The van der Waals surface area contributed by atoms with Crippen molar-refractivity contribution in [2.45, 2.75) is 0 Å². The summed E-state index contributed by atoms with van der Waals surface area (Å²) < 4.78 is 5.98. The number of ether oxygens (including phenoxy) is 1.